The molecule has 124 valence electrons. The van der Waals surface area contributed by atoms with Gasteiger partial charge in [0.15, 0.2) is 11.5 Å². The summed E-state index contributed by atoms with van der Waals surface area (Å²) in [6, 6.07) is 4.73. The molecule has 0 radical (unpaired) electrons. The molecule has 3 N–H and O–H groups in total. The molecule has 0 saturated heterocycles. The minimum atomic E-state index is -0.125. The van der Waals surface area contributed by atoms with Crippen molar-refractivity contribution in [2.75, 3.05) is 6.54 Å². The minimum Gasteiger partial charge on any atom is -0.504 e. The maximum Gasteiger partial charge on any atom is 0.220 e. The highest BCUT2D eigenvalue weighted by Crippen LogP contribution is 2.35. The number of carbonyl (C=O) groups excluding carboxylic acids is 1. The summed E-state index contributed by atoms with van der Waals surface area (Å²) in [5, 5.41) is 21.6. The second-order valence-corrected chi connectivity index (χ2v) is 6.59. The molecule has 1 rings (SSSR count). The summed E-state index contributed by atoms with van der Waals surface area (Å²) >= 11 is 0. The molecule has 1 aromatic rings. The summed E-state index contributed by atoms with van der Waals surface area (Å²) in [6.07, 6.45) is 3.15. The number of phenols is 2. The van der Waals surface area contributed by atoms with Crippen molar-refractivity contribution >= 4 is 5.91 Å². The van der Waals surface area contributed by atoms with Crippen molar-refractivity contribution in [2.24, 2.45) is 11.3 Å². The van der Waals surface area contributed by atoms with Crippen molar-refractivity contribution in [3.63, 3.8) is 0 Å². The quantitative estimate of drug-likeness (QED) is 0.643. The molecule has 22 heavy (non-hydrogen) atoms. The molecule has 0 fully saturated rings. The number of carbonyl (C=O) groups is 1. The van der Waals surface area contributed by atoms with E-state index < -0.39 is 0 Å². The van der Waals surface area contributed by atoms with Gasteiger partial charge in [-0.25, -0.2) is 0 Å². The number of nitrogens with one attached hydrogen (secondary N) is 1. The van der Waals surface area contributed by atoms with Gasteiger partial charge < -0.3 is 15.5 Å². The number of hydrogen-bond acceptors (Lipinski definition) is 3. The van der Waals surface area contributed by atoms with Gasteiger partial charge in [0.25, 0.3) is 0 Å². The Bertz CT molecular complexity index is 499. The lowest BCUT2D eigenvalue weighted by Crippen LogP contribution is -2.29. The lowest BCUT2D eigenvalue weighted by Gasteiger charge is -2.32. The van der Waals surface area contributed by atoms with Crippen LogP contribution in [0.15, 0.2) is 18.2 Å². The summed E-state index contributed by atoms with van der Waals surface area (Å²) in [6.45, 7) is 9.37. The second-order valence-electron chi connectivity index (χ2n) is 6.59. The Morgan fingerprint density at radius 2 is 1.95 bits per heavy atom. The van der Waals surface area contributed by atoms with E-state index in [9.17, 15) is 15.0 Å². The number of benzene rings is 1. The van der Waals surface area contributed by atoms with Crippen LogP contribution in [0, 0.1) is 11.3 Å². The van der Waals surface area contributed by atoms with Gasteiger partial charge in [-0.1, -0.05) is 40.2 Å². The van der Waals surface area contributed by atoms with Gasteiger partial charge in [-0.15, -0.1) is 0 Å². The summed E-state index contributed by atoms with van der Waals surface area (Å²) in [7, 11) is 0. The Morgan fingerprint density at radius 1 is 1.27 bits per heavy atom. The first kappa shape index (κ1) is 18.3. The van der Waals surface area contributed by atoms with E-state index in [1.54, 1.807) is 6.07 Å². The number of aromatic hydroxyl groups is 2. The predicted octanol–water partition coefficient (Wildman–Crippen LogP) is 3.61. The third-order valence-electron chi connectivity index (χ3n) is 4.90. The zero-order valence-electron chi connectivity index (χ0n) is 14.1. The molecule has 1 atom stereocenters. The summed E-state index contributed by atoms with van der Waals surface area (Å²) < 4.78 is 0. The van der Waals surface area contributed by atoms with E-state index in [1.807, 2.05) is 0 Å². The van der Waals surface area contributed by atoms with Crippen LogP contribution >= 0.6 is 0 Å². The molecule has 0 heterocycles. The molecular formula is C18H29NO3. The van der Waals surface area contributed by atoms with E-state index >= 15 is 0 Å². The molecule has 0 aliphatic carbocycles. The van der Waals surface area contributed by atoms with Crippen molar-refractivity contribution in [3.05, 3.63) is 23.8 Å². The highest BCUT2D eigenvalue weighted by molar-refractivity contribution is 5.75. The zero-order chi connectivity index (χ0) is 16.8. The van der Waals surface area contributed by atoms with Crippen LogP contribution in [0.4, 0.5) is 0 Å². The third-order valence-corrected chi connectivity index (χ3v) is 4.90. The monoisotopic (exact) mass is 307 g/mol. The van der Waals surface area contributed by atoms with Crippen LogP contribution < -0.4 is 5.32 Å². The van der Waals surface area contributed by atoms with E-state index in [2.05, 4.69) is 33.0 Å². The van der Waals surface area contributed by atoms with Crippen molar-refractivity contribution in [2.45, 2.75) is 53.4 Å². The van der Waals surface area contributed by atoms with Crippen LogP contribution in [0.1, 0.15) is 52.5 Å². The standard InChI is InChI=1S/C18H29NO3/c1-5-18(4,13(2)3)10-8-17(22)19-11-9-14-6-7-15(20)16(21)12-14/h6-7,12-13,20-21H,5,8-11H2,1-4H3,(H,19,22). The Kier molecular flexibility index (Phi) is 6.72. The molecule has 1 unspecified atom stereocenters. The number of hydrogen-bond donors (Lipinski definition) is 3. The largest absolute Gasteiger partial charge is 0.504 e. The third kappa shape index (κ3) is 5.24. The van der Waals surface area contributed by atoms with Crippen molar-refractivity contribution in [1.82, 2.24) is 5.32 Å². The van der Waals surface area contributed by atoms with Crippen LogP contribution in [0.5, 0.6) is 11.5 Å². The average molecular weight is 307 g/mol. The van der Waals surface area contributed by atoms with Crippen molar-refractivity contribution < 1.29 is 15.0 Å². The smallest absolute Gasteiger partial charge is 0.220 e. The highest BCUT2D eigenvalue weighted by atomic mass is 16.3. The molecule has 0 bridgehead atoms. The molecule has 1 amide bonds. The van der Waals surface area contributed by atoms with E-state index in [4.69, 9.17) is 0 Å². The first-order chi connectivity index (χ1) is 10.3. The molecule has 0 aliphatic heterocycles. The van der Waals surface area contributed by atoms with Crippen molar-refractivity contribution in [1.29, 1.82) is 0 Å². The Hall–Kier alpha value is -1.71. The average Bonchev–Trinajstić information content (AvgIpc) is 2.48. The Labute approximate surface area is 133 Å². The highest BCUT2D eigenvalue weighted by Gasteiger charge is 2.26. The van der Waals surface area contributed by atoms with Crippen LogP contribution in [0.2, 0.25) is 0 Å². The molecule has 1 aromatic carbocycles. The molecule has 4 nitrogen and oxygen atoms in total. The van der Waals surface area contributed by atoms with Crippen LogP contribution in [-0.4, -0.2) is 22.7 Å². The Balaban J connectivity index is 2.36. The van der Waals surface area contributed by atoms with Gasteiger partial charge in [-0.05, 0) is 41.9 Å². The van der Waals surface area contributed by atoms with Gasteiger partial charge in [-0.2, -0.15) is 0 Å². The number of phenolic OH excluding ortho intramolecular Hbond substituents is 2. The molecule has 0 aromatic heterocycles. The van der Waals surface area contributed by atoms with E-state index in [1.165, 1.54) is 12.1 Å². The van der Waals surface area contributed by atoms with Crippen LogP contribution in [0.3, 0.4) is 0 Å². The van der Waals surface area contributed by atoms with Gasteiger partial charge in [0, 0.05) is 13.0 Å². The maximum absolute atomic E-state index is 11.9. The zero-order valence-corrected chi connectivity index (χ0v) is 14.1. The number of amides is 1. The number of rotatable bonds is 8. The molecule has 0 spiro atoms. The summed E-state index contributed by atoms with van der Waals surface area (Å²) in [5.41, 5.74) is 1.09. The van der Waals surface area contributed by atoms with Gasteiger partial charge >= 0.3 is 0 Å². The van der Waals surface area contributed by atoms with E-state index in [0.29, 0.717) is 25.3 Å². The van der Waals surface area contributed by atoms with E-state index in [-0.39, 0.29) is 22.8 Å². The lowest BCUT2D eigenvalue weighted by molar-refractivity contribution is -0.121. The molecule has 0 aliphatic rings. The summed E-state index contributed by atoms with van der Waals surface area (Å²) in [4.78, 5) is 11.9. The normalized spacial score (nSPS) is 13.9. The van der Waals surface area contributed by atoms with Gasteiger partial charge in [0.2, 0.25) is 5.91 Å². The molecule has 4 heteroatoms. The predicted molar refractivity (Wildman–Crippen MR) is 89.0 cm³/mol. The first-order valence-corrected chi connectivity index (χ1v) is 8.06. The molecular weight excluding hydrogens is 278 g/mol. The van der Waals surface area contributed by atoms with Crippen LogP contribution in [-0.2, 0) is 11.2 Å². The van der Waals surface area contributed by atoms with Crippen molar-refractivity contribution in [3.8, 4) is 11.5 Å². The lowest BCUT2D eigenvalue weighted by atomic mass is 9.73. The fraction of sp³-hybridized carbons (Fsp3) is 0.611. The second kappa shape index (κ2) is 8.06. The topological polar surface area (TPSA) is 69.6 Å². The molecule has 0 saturated carbocycles. The maximum atomic E-state index is 11.9. The van der Waals surface area contributed by atoms with Gasteiger partial charge in [0.05, 0.1) is 0 Å². The summed E-state index contributed by atoms with van der Waals surface area (Å²) in [5.74, 6) is 0.383. The van der Waals surface area contributed by atoms with Gasteiger partial charge in [0.1, 0.15) is 0 Å². The van der Waals surface area contributed by atoms with E-state index in [0.717, 1.165) is 18.4 Å². The fourth-order valence-electron chi connectivity index (χ4n) is 2.43. The van der Waals surface area contributed by atoms with Gasteiger partial charge in [-0.3, -0.25) is 4.79 Å². The SMILES string of the molecule is CCC(C)(CCC(=O)NCCc1ccc(O)c(O)c1)C(C)C. The minimum absolute atomic E-state index is 0.0725. The Morgan fingerprint density at radius 3 is 2.50 bits per heavy atom. The first-order valence-electron chi connectivity index (χ1n) is 8.06. The van der Waals surface area contributed by atoms with Crippen LogP contribution in [0.25, 0.3) is 0 Å². The fourth-order valence-corrected chi connectivity index (χ4v) is 2.43.